The quantitative estimate of drug-likeness (QED) is 0.0506. The maximum absolute atomic E-state index is 13.6. The Labute approximate surface area is 295 Å². The van der Waals surface area contributed by atoms with Gasteiger partial charge in [-0.05, 0) is 37.5 Å². The van der Waals surface area contributed by atoms with E-state index in [4.69, 9.17) is 17.2 Å². The highest BCUT2D eigenvalue weighted by atomic mass is 16.4. The number of carbonyl (C=O) groups excluding carboxylic acids is 8. The van der Waals surface area contributed by atoms with Crippen molar-refractivity contribution in [2.75, 3.05) is 19.7 Å². The van der Waals surface area contributed by atoms with Crippen molar-refractivity contribution in [2.45, 2.75) is 109 Å². The van der Waals surface area contributed by atoms with Crippen LogP contribution in [0.1, 0.15) is 72.6 Å². The zero-order valence-electron chi connectivity index (χ0n) is 29.4. The molecule has 0 saturated carbocycles. The Morgan fingerprint density at radius 3 is 2.00 bits per heavy atom. The molecule has 51 heavy (non-hydrogen) atoms. The van der Waals surface area contributed by atoms with Crippen LogP contribution in [-0.2, 0) is 43.2 Å². The fourth-order valence-electron chi connectivity index (χ4n) is 5.29. The number of amides is 8. The van der Waals surface area contributed by atoms with E-state index in [0.717, 1.165) is 0 Å². The molecule has 20 nitrogen and oxygen atoms in total. The van der Waals surface area contributed by atoms with Crippen molar-refractivity contribution in [1.29, 1.82) is 0 Å². The summed E-state index contributed by atoms with van der Waals surface area (Å²) in [6.45, 7) is 5.58. The van der Waals surface area contributed by atoms with Crippen LogP contribution in [0.2, 0.25) is 0 Å². The van der Waals surface area contributed by atoms with Crippen LogP contribution in [-0.4, -0.2) is 124 Å². The Morgan fingerprint density at radius 2 is 1.47 bits per heavy atom. The molecular weight excluding hydrogens is 674 g/mol. The molecule has 0 aromatic heterocycles. The van der Waals surface area contributed by atoms with Crippen molar-refractivity contribution < 1.29 is 53.4 Å². The number of aliphatic hydroxyl groups is 1. The lowest BCUT2D eigenvalue weighted by molar-refractivity contribution is -0.143. The molecular formula is C31H53N9O11. The first kappa shape index (κ1) is 44.2. The lowest BCUT2D eigenvalue weighted by Gasteiger charge is -2.31. The minimum Gasteiger partial charge on any atom is -0.480 e. The number of nitrogens with one attached hydrogen (secondary N) is 5. The van der Waals surface area contributed by atoms with E-state index < -0.39 is 115 Å². The van der Waals surface area contributed by atoms with E-state index in [-0.39, 0.29) is 31.7 Å². The van der Waals surface area contributed by atoms with Gasteiger partial charge in [-0.3, -0.25) is 38.4 Å². The van der Waals surface area contributed by atoms with E-state index in [1.165, 1.54) is 4.90 Å². The predicted molar refractivity (Wildman–Crippen MR) is 179 cm³/mol. The summed E-state index contributed by atoms with van der Waals surface area (Å²) >= 11 is 0. The van der Waals surface area contributed by atoms with E-state index >= 15 is 0 Å². The number of hydrogen-bond donors (Lipinski definition) is 10. The Kier molecular flexibility index (Phi) is 18.5. The number of nitrogens with zero attached hydrogens (tertiary/aromatic N) is 1. The van der Waals surface area contributed by atoms with Crippen molar-refractivity contribution in [3.63, 3.8) is 0 Å². The van der Waals surface area contributed by atoms with E-state index in [2.05, 4.69) is 26.6 Å². The number of carboxylic acid groups (broad SMARTS) is 1. The lowest BCUT2D eigenvalue weighted by atomic mass is 9.97. The summed E-state index contributed by atoms with van der Waals surface area (Å²) in [5.41, 5.74) is 16.3. The fraction of sp³-hybridized carbons (Fsp3) is 0.710. The fourth-order valence-corrected chi connectivity index (χ4v) is 5.29. The maximum Gasteiger partial charge on any atom is 0.326 e. The number of nitrogens with two attached hydrogens (primary N) is 3. The van der Waals surface area contributed by atoms with Gasteiger partial charge < -0.3 is 58.9 Å². The molecule has 0 aliphatic carbocycles. The van der Waals surface area contributed by atoms with Gasteiger partial charge in [-0.2, -0.15) is 0 Å². The first-order valence-electron chi connectivity index (χ1n) is 16.8. The van der Waals surface area contributed by atoms with Crippen molar-refractivity contribution >= 4 is 53.2 Å². The first-order valence-corrected chi connectivity index (χ1v) is 16.8. The summed E-state index contributed by atoms with van der Waals surface area (Å²) in [7, 11) is 0. The molecule has 1 aliphatic rings. The molecule has 7 atom stereocenters. The highest BCUT2D eigenvalue weighted by molar-refractivity contribution is 5.98. The van der Waals surface area contributed by atoms with Crippen LogP contribution in [0.4, 0.5) is 0 Å². The monoisotopic (exact) mass is 727 g/mol. The molecule has 1 rings (SSSR count). The van der Waals surface area contributed by atoms with Crippen LogP contribution in [0.15, 0.2) is 0 Å². The number of carboxylic acids is 1. The average molecular weight is 728 g/mol. The van der Waals surface area contributed by atoms with Gasteiger partial charge in [-0.1, -0.05) is 34.1 Å². The summed E-state index contributed by atoms with van der Waals surface area (Å²) in [5.74, 6) is -8.40. The van der Waals surface area contributed by atoms with Crippen LogP contribution in [0, 0.1) is 11.8 Å². The second-order valence-electron chi connectivity index (χ2n) is 13.0. The van der Waals surface area contributed by atoms with Crippen molar-refractivity contribution in [3.05, 3.63) is 0 Å². The van der Waals surface area contributed by atoms with Crippen LogP contribution >= 0.6 is 0 Å². The summed E-state index contributed by atoms with van der Waals surface area (Å²) in [6, 6.07) is -7.70. The van der Waals surface area contributed by atoms with Crippen LogP contribution in [0.25, 0.3) is 0 Å². The van der Waals surface area contributed by atoms with Gasteiger partial charge in [0.15, 0.2) is 0 Å². The minimum absolute atomic E-state index is 0.0759. The van der Waals surface area contributed by atoms with E-state index in [1.54, 1.807) is 13.8 Å². The van der Waals surface area contributed by atoms with Gasteiger partial charge in [0.1, 0.15) is 30.2 Å². The maximum atomic E-state index is 13.6. The molecule has 1 fully saturated rings. The Bertz CT molecular complexity index is 1300. The van der Waals surface area contributed by atoms with Gasteiger partial charge in [0.2, 0.25) is 47.3 Å². The van der Waals surface area contributed by atoms with Gasteiger partial charge in [-0.25, -0.2) is 4.79 Å². The number of primary amides is 2. The Hall–Kier alpha value is -4.85. The summed E-state index contributed by atoms with van der Waals surface area (Å²) in [4.78, 5) is 113. The number of aliphatic hydroxyl groups excluding tert-OH is 1. The summed E-state index contributed by atoms with van der Waals surface area (Å²) in [6.07, 6.45) is 0.158. The van der Waals surface area contributed by atoms with Crippen molar-refractivity contribution in [2.24, 2.45) is 29.0 Å². The van der Waals surface area contributed by atoms with Gasteiger partial charge in [0, 0.05) is 13.0 Å². The summed E-state index contributed by atoms with van der Waals surface area (Å²) in [5, 5.41) is 30.8. The first-order chi connectivity index (χ1) is 23.8. The average Bonchev–Trinajstić information content (AvgIpc) is 3.55. The van der Waals surface area contributed by atoms with Crippen molar-refractivity contribution in [3.8, 4) is 0 Å². The number of aliphatic carboxylic acids is 1. The molecule has 0 bridgehead atoms. The standard InChI is InChI=1S/C31H53N9O11/c1-5-16(4)25(29(48)38-20(14-41)27(46)35-13-24(44)36-18(31(50)51)8-9-22(33)42)39-28(47)21-7-6-10-40(21)30(49)19(12-23(34)43)37-26(45)17(32)11-15(2)3/h15-21,25,41H,5-14,32H2,1-4H3,(H2,33,42)(H2,34,43)(H,35,46)(H,36,44)(H,37,45)(H,38,48)(H,39,47)(H,50,51)/t16-,17-,18-,19-,20-,21-,25-/m0/s1. The molecule has 0 aromatic rings. The van der Waals surface area contributed by atoms with Gasteiger partial charge >= 0.3 is 5.97 Å². The Balaban J connectivity index is 3.00. The van der Waals surface area contributed by atoms with Crippen LogP contribution in [0.3, 0.4) is 0 Å². The van der Waals surface area contributed by atoms with Gasteiger partial charge in [0.05, 0.1) is 25.6 Å². The molecule has 8 amide bonds. The topological polar surface area (TPSA) is 336 Å². The summed E-state index contributed by atoms with van der Waals surface area (Å²) < 4.78 is 0. The predicted octanol–water partition coefficient (Wildman–Crippen LogP) is -4.33. The second-order valence-corrected chi connectivity index (χ2v) is 13.0. The number of rotatable bonds is 22. The third-order valence-corrected chi connectivity index (χ3v) is 8.27. The molecule has 1 aliphatic heterocycles. The largest absolute Gasteiger partial charge is 0.480 e. The molecule has 0 radical (unpaired) electrons. The molecule has 288 valence electrons. The molecule has 1 heterocycles. The second kappa shape index (κ2) is 21.4. The zero-order valence-corrected chi connectivity index (χ0v) is 29.4. The number of likely N-dealkylation sites (tertiary alicyclic amines) is 1. The third kappa shape index (κ3) is 14.9. The molecule has 0 aromatic carbocycles. The smallest absolute Gasteiger partial charge is 0.326 e. The minimum atomic E-state index is -1.58. The van der Waals surface area contributed by atoms with E-state index in [1.807, 2.05) is 13.8 Å². The zero-order chi connectivity index (χ0) is 39.0. The van der Waals surface area contributed by atoms with Gasteiger partial charge in [-0.15, -0.1) is 0 Å². The molecule has 20 heteroatoms. The van der Waals surface area contributed by atoms with E-state index in [9.17, 15) is 53.4 Å². The molecule has 0 unspecified atom stereocenters. The molecule has 13 N–H and O–H groups in total. The lowest BCUT2D eigenvalue weighted by Crippen LogP contribution is -2.60. The third-order valence-electron chi connectivity index (χ3n) is 8.27. The van der Waals surface area contributed by atoms with Crippen molar-refractivity contribution in [1.82, 2.24) is 31.5 Å². The molecule has 0 spiro atoms. The highest BCUT2D eigenvalue weighted by Crippen LogP contribution is 2.21. The normalized spacial score (nSPS) is 17.5. The Morgan fingerprint density at radius 1 is 0.843 bits per heavy atom. The molecule has 1 saturated heterocycles. The van der Waals surface area contributed by atoms with Crippen LogP contribution in [0.5, 0.6) is 0 Å². The SMILES string of the molecule is CC[C@H](C)[C@H](NC(=O)[C@@H]1CCCN1C(=O)[C@H](CC(N)=O)NC(=O)[C@@H](N)CC(C)C)C(=O)N[C@@H](CO)C(=O)NCC(=O)N[C@@H](CCC(N)=O)C(=O)O. The van der Waals surface area contributed by atoms with E-state index in [0.29, 0.717) is 19.3 Å². The van der Waals surface area contributed by atoms with Crippen LogP contribution < -0.4 is 43.8 Å². The number of hydrogen-bond acceptors (Lipinski definition) is 11. The highest BCUT2D eigenvalue weighted by Gasteiger charge is 2.40. The number of carbonyl (C=O) groups is 9. The van der Waals surface area contributed by atoms with Gasteiger partial charge in [0.25, 0.3) is 0 Å².